The van der Waals surface area contributed by atoms with Crippen molar-refractivity contribution in [2.24, 2.45) is 0 Å². The molecule has 1 saturated heterocycles. The lowest BCUT2D eigenvalue weighted by Crippen LogP contribution is -2.42. The Balaban J connectivity index is 1.65. The largest absolute Gasteiger partial charge is 0.376 e. The van der Waals surface area contributed by atoms with Gasteiger partial charge in [-0.15, -0.1) is 0 Å². The van der Waals surface area contributed by atoms with Crippen molar-refractivity contribution in [2.75, 3.05) is 6.61 Å². The molecular weight excluding hydrogens is 464 g/mol. The smallest absolute Gasteiger partial charge is 0.337 e. The Labute approximate surface area is 208 Å². The van der Waals surface area contributed by atoms with Crippen LogP contribution in [0.25, 0.3) is 16.9 Å². The maximum atomic E-state index is 13.6. The van der Waals surface area contributed by atoms with Crippen LogP contribution >= 0.6 is 11.6 Å². The van der Waals surface area contributed by atoms with Gasteiger partial charge in [-0.1, -0.05) is 56.6 Å². The summed E-state index contributed by atoms with van der Waals surface area (Å²) < 4.78 is 10.3. The van der Waals surface area contributed by atoms with E-state index in [1.54, 1.807) is 30.6 Å². The molecule has 8 heteroatoms. The lowest BCUT2D eigenvalue weighted by atomic mass is 9.87. The summed E-state index contributed by atoms with van der Waals surface area (Å²) in [5.41, 5.74) is 2.89. The molecule has 0 saturated carbocycles. The molecule has 1 unspecified atom stereocenters. The van der Waals surface area contributed by atoms with Crippen LogP contribution in [0.3, 0.4) is 0 Å². The van der Waals surface area contributed by atoms with Crippen molar-refractivity contribution in [3.05, 3.63) is 91.8 Å². The zero-order chi connectivity index (χ0) is 24.7. The minimum Gasteiger partial charge on any atom is -0.376 e. The molecule has 1 aliphatic rings. The fourth-order valence-corrected chi connectivity index (χ4v) is 4.71. The second-order valence-corrected chi connectivity index (χ2v) is 10.6. The highest BCUT2D eigenvalue weighted by Crippen LogP contribution is 2.23. The standard InChI is InChI=1S/C27H29ClN4O3/c1-27(2,3)19-8-6-18(7-9-19)15-30-17-29-24-23(30)25(33)31(16-22-5-4-14-35-22)26(34)32(24)21-12-10-20(28)11-13-21/h6-13,17,22H,4-5,14-16H2,1-3H3. The van der Waals surface area contributed by atoms with Crippen LogP contribution in [0.5, 0.6) is 0 Å². The van der Waals surface area contributed by atoms with Crippen LogP contribution in [-0.4, -0.2) is 31.4 Å². The minimum absolute atomic E-state index is 0.0604. The number of fused-ring (bicyclic) bond motifs is 1. The molecule has 0 bridgehead atoms. The molecule has 1 fully saturated rings. The van der Waals surface area contributed by atoms with Crippen LogP contribution in [0.2, 0.25) is 5.02 Å². The van der Waals surface area contributed by atoms with Gasteiger partial charge in [0, 0.05) is 18.2 Å². The number of benzene rings is 2. The summed E-state index contributed by atoms with van der Waals surface area (Å²) >= 11 is 6.08. The number of rotatable bonds is 5. The van der Waals surface area contributed by atoms with Gasteiger partial charge in [0.1, 0.15) is 0 Å². The summed E-state index contributed by atoms with van der Waals surface area (Å²) in [6.07, 6.45) is 3.23. The topological polar surface area (TPSA) is 71.1 Å². The van der Waals surface area contributed by atoms with Crippen molar-refractivity contribution < 1.29 is 4.74 Å². The van der Waals surface area contributed by atoms with E-state index in [4.69, 9.17) is 16.3 Å². The monoisotopic (exact) mass is 492 g/mol. The van der Waals surface area contributed by atoms with Gasteiger partial charge in [0.25, 0.3) is 5.56 Å². The van der Waals surface area contributed by atoms with Gasteiger partial charge < -0.3 is 9.30 Å². The van der Waals surface area contributed by atoms with Gasteiger partial charge in [-0.2, -0.15) is 0 Å². The molecule has 1 aliphatic heterocycles. The molecule has 7 nitrogen and oxygen atoms in total. The molecule has 4 aromatic rings. The summed E-state index contributed by atoms with van der Waals surface area (Å²) in [5, 5.41) is 0.565. The molecule has 0 spiro atoms. The molecule has 182 valence electrons. The summed E-state index contributed by atoms with van der Waals surface area (Å²) in [6.45, 7) is 7.87. The number of imidazole rings is 1. The van der Waals surface area contributed by atoms with E-state index in [1.807, 2.05) is 4.57 Å². The highest BCUT2D eigenvalue weighted by atomic mass is 35.5. The Kier molecular flexibility index (Phi) is 6.15. The predicted molar refractivity (Wildman–Crippen MR) is 138 cm³/mol. The van der Waals surface area contributed by atoms with Crippen LogP contribution in [0, 0.1) is 0 Å². The summed E-state index contributed by atoms with van der Waals surface area (Å²) in [5.74, 6) is 0. The van der Waals surface area contributed by atoms with Gasteiger partial charge in [-0.25, -0.2) is 14.3 Å². The Hall–Kier alpha value is -3.16. The van der Waals surface area contributed by atoms with E-state index < -0.39 is 5.69 Å². The Morgan fingerprint density at radius 1 is 1.06 bits per heavy atom. The molecule has 5 rings (SSSR count). The molecule has 3 heterocycles. The first kappa shape index (κ1) is 23.6. The second-order valence-electron chi connectivity index (χ2n) is 10.1. The van der Waals surface area contributed by atoms with Crippen molar-refractivity contribution >= 4 is 22.8 Å². The third-order valence-electron chi connectivity index (χ3n) is 6.57. The van der Waals surface area contributed by atoms with Crippen molar-refractivity contribution in [2.45, 2.75) is 58.2 Å². The quantitative estimate of drug-likeness (QED) is 0.410. The van der Waals surface area contributed by atoms with E-state index in [0.717, 1.165) is 18.4 Å². The number of halogens is 1. The third kappa shape index (κ3) is 4.58. The number of hydrogen-bond acceptors (Lipinski definition) is 4. The number of nitrogens with zero attached hydrogens (tertiary/aromatic N) is 4. The second kappa shape index (κ2) is 9.13. The molecule has 1 atom stereocenters. The SMILES string of the molecule is CC(C)(C)c1ccc(Cn2cnc3c2c(=O)n(CC2CCCO2)c(=O)n3-c2ccc(Cl)cc2)cc1. The zero-order valence-electron chi connectivity index (χ0n) is 20.2. The highest BCUT2D eigenvalue weighted by molar-refractivity contribution is 6.30. The molecular formula is C27H29ClN4O3. The summed E-state index contributed by atoms with van der Waals surface area (Å²) in [6, 6.07) is 15.3. The van der Waals surface area contributed by atoms with E-state index in [0.29, 0.717) is 35.0 Å². The van der Waals surface area contributed by atoms with Gasteiger partial charge in [-0.05, 0) is 53.6 Å². The van der Waals surface area contributed by atoms with Crippen molar-refractivity contribution in [3.63, 3.8) is 0 Å². The van der Waals surface area contributed by atoms with Crippen molar-refractivity contribution in [1.29, 1.82) is 0 Å². The average molecular weight is 493 g/mol. The minimum atomic E-state index is -0.430. The fourth-order valence-electron chi connectivity index (χ4n) is 4.58. The van der Waals surface area contributed by atoms with Crippen LogP contribution < -0.4 is 11.2 Å². The zero-order valence-corrected chi connectivity index (χ0v) is 21.0. The molecule has 2 aromatic carbocycles. The fraction of sp³-hybridized carbons (Fsp3) is 0.370. The van der Waals surface area contributed by atoms with Crippen molar-refractivity contribution in [1.82, 2.24) is 18.7 Å². The maximum absolute atomic E-state index is 13.6. The Morgan fingerprint density at radius 2 is 1.77 bits per heavy atom. The number of aromatic nitrogens is 4. The molecule has 0 N–H and O–H groups in total. The molecule has 0 radical (unpaired) electrons. The molecule has 0 aliphatic carbocycles. The van der Waals surface area contributed by atoms with Crippen LogP contribution in [0.1, 0.15) is 44.7 Å². The first-order valence-electron chi connectivity index (χ1n) is 11.9. The number of hydrogen-bond donors (Lipinski definition) is 0. The molecule has 2 aromatic heterocycles. The Bertz CT molecular complexity index is 1470. The molecule has 0 amide bonds. The lowest BCUT2D eigenvalue weighted by Gasteiger charge is -2.19. The normalized spacial score (nSPS) is 16.3. The predicted octanol–water partition coefficient (Wildman–Crippen LogP) is 4.53. The van der Waals surface area contributed by atoms with Crippen LogP contribution in [-0.2, 0) is 23.2 Å². The van der Waals surface area contributed by atoms with Crippen molar-refractivity contribution in [3.8, 4) is 5.69 Å². The summed E-state index contributed by atoms with van der Waals surface area (Å²) in [7, 11) is 0. The number of ether oxygens (including phenoxy) is 1. The van der Waals surface area contributed by atoms with Gasteiger partial charge >= 0.3 is 5.69 Å². The van der Waals surface area contributed by atoms with Gasteiger partial charge in [0.05, 0.1) is 24.7 Å². The highest BCUT2D eigenvalue weighted by Gasteiger charge is 2.23. The first-order chi connectivity index (χ1) is 16.7. The van der Waals surface area contributed by atoms with E-state index in [1.165, 1.54) is 14.7 Å². The Morgan fingerprint density at radius 3 is 2.40 bits per heavy atom. The van der Waals surface area contributed by atoms with Crippen LogP contribution in [0.15, 0.2) is 64.4 Å². The van der Waals surface area contributed by atoms with E-state index in [9.17, 15) is 9.59 Å². The third-order valence-corrected chi connectivity index (χ3v) is 6.82. The molecule has 35 heavy (non-hydrogen) atoms. The van der Waals surface area contributed by atoms with Crippen LogP contribution in [0.4, 0.5) is 0 Å². The van der Waals surface area contributed by atoms with E-state index >= 15 is 0 Å². The van der Waals surface area contributed by atoms with Gasteiger partial charge in [-0.3, -0.25) is 9.36 Å². The maximum Gasteiger partial charge on any atom is 0.337 e. The van der Waals surface area contributed by atoms with E-state index in [2.05, 4.69) is 50.0 Å². The lowest BCUT2D eigenvalue weighted by molar-refractivity contribution is 0.0950. The van der Waals surface area contributed by atoms with E-state index in [-0.39, 0.29) is 23.6 Å². The van der Waals surface area contributed by atoms with Gasteiger partial charge in [0.15, 0.2) is 11.2 Å². The average Bonchev–Trinajstić information content (AvgIpc) is 3.48. The first-order valence-corrected chi connectivity index (χ1v) is 12.3. The summed E-state index contributed by atoms with van der Waals surface area (Å²) in [4.78, 5) is 31.7. The van der Waals surface area contributed by atoms with Gasteiger partial charge in [0.2, 0.25) is 0 Å².